The van der Waals surface area contributed by atoms with Crippen molar-refractivity contribution in [3.63, 3.8) is 0 Å². The number of methoxy groups -OCH3 is 2. The van der Waals surface area contributed by atoms with Gasteiger partial charge in [0, 0.05) is 37.1 Å². The number of carbonyl (C=O) groups is 2. The molecule has 4 N–H and O–H groups in total. The van der Waals surface area contributed by atoms with E-state index in [9.17, 15) is 9.59 Å². The summed E-state index contributed by atoms with van der Waals surface area (Å²) < 4.78 is 37.9. The first kappa shape index (κ1) is 49.8. The number of para-hydroxylation sites is 2. The zero-order valence-corrected chi connectivity index (χ0v) is 42.1. The van der Waals surface area contributed by atoms with Crippen molar-refractivity contribution in [2.24, 2.45) is 0 Å². The third-order valence-corrected chi connectivity index (χ3v) is 12.7. The van der Waals surface area contributed by atoms with Crippen LogP contribution in [0.4, 0.5) is 0 Å². The van der Waals surface area contributed by atoms with Gasteiger partial charge in [-0.05, 0) is 144 Å². The van der Waals surface area contributed by atoms with Crippen LogP contribution in [0.15, 0.2) is 83.2 Å². The van der Waals surface area contributed by atoms with E-state index in [0.29, 0.717) is 84.9 Å². The molecule has 2 heterocycles. The number of hydrogen-bond donors (Lipinski definition) is 4. The normalized spacial score (nSPS) is 16.7. The maximum absolute atomic E-state index is 13.5. The number of carbonyl (C=O) groups excluding carboxylic acids is 2. The summed E-state index contributed by atoms with van der Waals surface area (Å²) in [7, 11) is 2.78. The van der Waals surface area contributed by atoms with E-state index in [2.05, 4.69) is 110 Å². The number of hydrogen-bond acceptors (Lipinski definition) is 10. The Morgan fingerprint density at radius 3 is 1.04 bits per heavy atom. The zero-order chi connectivity index (χ0) is 48.5. The lowest BCUT2D eigenvalue weighted by atomic mass is 9.86. The van der Waals surface area contributed by atoms with E-state index in [1.165, 1.54) is 14.2 Å². The molecule has 2 aliphatic heterocycles. The summed E-state index contributed by atoms with van der Waals surface area (Å²) in [5.74, 6) is 2.21. The van der Waals surface area contributed by atoms with E-state index in [4.69, 9.17) is 52.9 Å². The number of ether oxygens (including phenoxy) is 6. The van der Waals surface area contributed by atoms with Gasteiger partial charge in [-0.3, -0.25) is 0 Å². The Hall–Kier alpha value is -6.12. The highest BCUT2D eigenvalue weighted by atomic mass is 32.1. The van der Waals surface area contributed by atoms with Gasteiger partial charge in [0.1, 0.15) is 23.0 Å². The summed E-state index contributed by atoms with van der Waals surface area (Å²) in [4.78, 5) is 27.1. The fraction of sp³-hybridized carbons (Fsp3) is 0.407. The first-order valence-electron chi connectivity index (χ1n) is 23.7. The van der Waals surface area contributed by atoms with Gasteiger partial charge in [0.15, 0.2) is 10.2 Å². The second-order valence-corrected chi connectivity index (χ2v) is 18.2. The van der Waals surface area contributed by atoms with Gasteiger partial charge in [-0.2, -0.15) is 0 Å². The molecule has 0 aromatic heterocycles. The Kier molecular flexibility index (Phi) is 16.7. The minimum Gasteiger partial charge on any atom is -0.493 e. The van der Waals surface area contributed by atoms with Crippen molar-refractivity contribution in [1.29, 1.82) is 0 Å². The monoisotopic (exact) mass is 960 g/mol. The van der Waals surface area contributed by atoms with Crippen molar-refractivity contribution in [3.05, 3.63) is 139 Å². The summed E-state index contributed by atoms with van der Waals surface area (Å²) in [6.07, 6.45) is 5.01. The highest BCUT2D eigenvalue weighted by Gasteiger charge is 2.34. The molecule has 7 rings (SSSR count). The van der Waals surface area contributed by atoms with E-state index in [1.54, 1.807) is 0 Å². The molecule has 68 heavy (non-hydrogen) atoms. The van der Waals surface area contributed by atoms with Crippen molar-refractivity contribution in [2.45, 2.75) is 105 Å². The van der Waals surface area contributed by atoms with E-state index < -0.39 is 24.0 Å². The molecule has 0 fully saturated rings. The molecule has 0 amide bonds. The van der Waals surface area contributed by atoms with Crippen molar-refractivity contribution in [2.75, 3.05) is 40.6 Å². The van der Waals surface area contributed by atoms with Crippen molar-refractivity contribution in [1.82, 2.24) is 21.3 Å². The highest BCUT2D eigenvalue weighted by molar-refractivity contribution is 7.80. The van der Waals surface area contributed by atoms with Crippen LogP contribution in [0.1, 0.15) is 135 Å². The Balaban J connectivity index is 1.55. The molecule has 4 aromatic carbocycles. The van der Waals surface area contributed by atoms with Crippen LogP contribution in [0, 0.1) is 0 Å². The van der Waals surface area contributed by atoms with Crippen LogP contribution in [0.3, 0.4) is 0 Å². The number of thiocarbonyl (C=S) groups is 2. The maximum Gasteiger partial charge on any atom is 0.337 e. The Morgan fingerprint density at radius 1 is 0.500 bits per heavy atom. The molecule has 1 aliphatic carbocycles. The van der Waals surface area contributed by atoms with Crippen LogP contribution in [0.2, 0.25) is 0 Å². The van der Waals surface area contributed by atoms with Crippen molar-refractivity contribution in [3.8, 4) is 23.0 Å². The fourth-order valence-corrected chi connectivity index (χ4v) is 9.82. The largest absolute Gasteiger partial charge is 0.493 e. The van der Waals surface area contributed by atoms with Gasteiger partial charge in [-0.1, -0.05) is 64.1 Å². The molecule has 12 nitrogen and oxygen atoms in total. The number of benzene rings is 4. The van der Waals surface area contributed by atoms with E-state index in [-0.39, 0.29) is 0 Å². The van der Waals surface area contributed by atoms with Crippen LogP contribution in [-0.4, -0.2) is 62.8 Å². The molecule has 360 valence electrons. The SMILES string of the molecule is CCCOc1c2cccc1Cc1cc([C@H]3NC(=S)NC(C)=C3C(=O)OC)cc(c1OCCC)Cc1cccc(c1OCCC)Cc1cc([C@@H]3NC(=S)NC(C)=C3C(=O)OC)cc(c1OCCC)C2. The number of rotatable bonds is 16. The van der Waals surface area contributed by atoms with E-state index >= 15 is 0 Å². The van der Waals surface area contributed by atoms with E-state index in [0.717, 1.165) is 104 Å². The minimum atomic E-state index is -0.605. The molecule has 0 radical (unpaired) electrons. The Morgan fingerprint density at radius 2 is 0.779 bits per heavy atom. The Bertz CT molecular complexity index is 2370. The van der Waals surface area contributed by atoms with Crippen LogP contribution >= 0.6 is 24.4 Å². The molecular formula is C54H64N4O8S2. The molecule has 2 atom stereocenters. The van der Waals surface area contributed by atoms with Gasteiger partial charge in [-0.15, -0.1) is 0 Å². The quantitative estimate of drug-likeness (QED) is 0.0552. The van der Waals surface area contributed by atoms with Gasteiger partial charge >= 0.3 is 11.9 Å². The minimum absolute atomic E-state index is 0.412. The lowest BCUT2D eigenvalue weighted by Gasteiger charge is -2.31. The van der Waals surface area contributed by atoms with E-state index in [1.807, 2.05) is 13.8 Å². The summed E-state index contributed by atoms with van der Waals surface area (Å²) in [6.45, 7) is 14.1. The first-order chi connectivity index (χ1) is 32.9. The van der Waals surface area contributed by atoms with Crippen molar-refractivity contribution >= 4 is 46.6 Å². The second-order valence-electron chi connectivity index (χ2n) is 17.4. The zero-order valence-electron chi connectivity index (χ0n) is 40.5. The van der Waals surface area contributed by atoms with Gasteiger partial charge in [0.05, 0.1) is 63.9 Å². The summed E-state index contributed by atoms with van der Waals surface area (Å²) >= 11 is 11.4. The molecule has 0 unspecified atom stereocenters. The second kappa shape index (κ2) is 22.8. The predicted molar refractivity (Wildman–Crippen MR) is 273 cm³/mol. The molecule has 4 aromatic rings. The lowest BCUT2D eigenvalue weighted by Crippen LogP contribution is -2.45. The highest BCUT2D eigenvalue weighted by Crippen LogP contribution is 2.43. The van der Waals surface area contributed by atoms with Gasteiger partial charge in [0.2, 0.25) is 0 Å². The van der Waals surface area contributed by atoms with Gasteiger partial charge < -0.3 is 49.7 Å². The van der Waals surface area contributed by atoms with Crippen LogP contribution in [0.25, 0.3) is 0 Å². The summed E-state index contributed by atoms with van der Waals surface area (Å²) in [6, 6.07) is 19.9. The number of nitrogens with one attached hydrogen (secondary N) is 4. The third-order valence-electron chi connectivity index (χ3n) is 12.2. The van der Waals surface area contributed by atoms with Crippen molar-refractivity contribution < 1.29 is 38.0 Å². The first-order valence-corrected chi connectivity index (χ1v) is 24.5. The number of fused-ring (bicyclic) bond motifs is 8. The maximum atomic E-state index is 13.5. The smallest absolute Gasteiger partial charge is 0.337 e. The average Bonchev–Trinajstić information content (AvgIpc) is 3.31. The number of allylic oxidation sites excluding steroid dienone is 2. The molecule has 14 heteroatoms. The molecule has 0 spiro atoms. The van der Waals surface area contributed by atoms with Crippen LogP contribution in [-0.2, 0) is 44.7 Å². The Labute approximate surface area is 411 Å². The fourth-order valence-electron chi connectivity index (χ4n) is 9.28. The standard InChI is InChI=1S/C54H64N4O8S2/c1-9-19-63-47-33-15-13-16-34(47)24-40-28-38(46-44(52(60)62-8)32(6)56-54(68)58-46)30-42(50(40)66-22-12-4)26-36-18-14-17-35(48(36)64-20-10-2)25-41-29-37(27-39(23-33)49(41)65-21-11-3)45-43(51(59)61-7)31(5)55-53(67)57-45/h13-18,27-30,45-46H,9-12,19-26H2,1-8H3,(H2,55,57,67)(H2,56,58,68)/t45-,46+. The molecular weight excluding hydrogens is 897 g/mol. The summed E-state index contributed by atoms with van der Waals surface area (Å²) in [5, 5.41) is 13.9. The topological polar surface area (TPSA) is 138 Å². The van der Waals surface area contributed by atoms with Gasteiger partial charge in [-0.25, -0.2) is 9.59 Å². The lowest BCUT2D eigenvalue weighted by molar-refractivity contribution is -0.137. The predicted octanol–water partition coefficient (Wildman–Crippen LogP) is 9.45. The average molecular weight is 961 g/mol. The molecule has 8 bridgehead atoms. The molecule has 0 saturated heterocycles. The molecule has 0 saturated carbocycles. The van der Waals surface area contributed by atoms with Gasteiger partial charge in [0.25, 0.3) is 0 Å². The third kappa shape index (κ3) is 10.9. The van der Waals surface area contributed by atoms with Crippen LogP contribution in [0.5, 0.6) is 23.0 Å². The molecule has 3 aliphatic rings. The summed E-state index contributed by atoms with van der Waals surface area (Å²) in [5.41, 5.74) is 11.4. The number of esters is 2. The van der Waals surface area contributed by atoms with Crippen LogP contribution < -0.4 is 40.2 Å².